The summed E-state index contributed by atoms with van der Waals surface area (Å²) in [6, 6.07) is 3.44. The van der Waals surface area contributed by atoms with Crippen molar-refractivity contribution >= 4 is 32.8 Å². The second-order valence-corrected chi connectivity index (χ2v) is 5.62. The van der Waals surface area contributed by atoms with Gasteiger partial charge in [-0.15, -0.1) is 0 Å². The van der Waals surface area contributed by atoms with E-state index in [0.29, 0.717) is 21.5 Å². The molecule has 0 aliphatic heterocycles. The fraction of sp³-hybridized carbons (Fsp3) is 0.214. The third-order valence-corrected chi connectivity index (χ3v) is 3.93. The van der Waals surface area contributed by atoms with E-state index in [1.54, 1.807) is 11.7 Å². The van der Waals surface area contributed by atoms with Crippen LogP contribution in [0.3, 0.4) is 0 Å². The Labute approximate surface area is 138 Å². The molecule has 1 atom stereocenters. The Morgan fingerprint density at radius 3 is 2.70 bits per heavy atom. The van der Waals surface area contributed by atoms with Crippen LogP contribution in [-0.4, -0.2) is 31.4 Å². The number of hydrogen-bond acceptors (Lipinski definition) is 5. The lowest BCUT2D eigenvalue weighted by Crippen LogP contribution is -2.16. The van der Waals surface area contributed by atoms with Crippen LogP contribution < -0.4 is 5.32 Å². The van der Waals surface area contributed by atoms with Gasteiger partial charge in [0.05, 0.1) is 10.9 Å². The van der Waals surface area contributed by atoms with Crippen molar-refractivity contribution in [2.24, 2.45) is 7.05 Å². The molecule has 1 aromatic carbocycles. The summed E-state index contributed by atoms with van der Waals surface area (Å²) in [6.45, 7) is -0.120. The Bertz CT molecular complexity index is 849. The van der Waals surface area contributed by atoms with Crippen molar-refractivity contribution in [3.05, 3.63) is 46.3 Å². The van der Waals surface area contributed by atoms with Gasteiger partial charge in [0, 0.05) is 13.6 Å². The molecule has 23 heavy (non-hydrogen) atoms. The number of aliphatic hydroxyl groups excluding tert-OH is 1. The number of benzene rings is 1. The highest BCUT2D eigenvalue weighted by Gasteiger charge is 2.19. The van der Waals surface area contributed by atoms with Crippen molar-refractivity contribution < 1.29 is 13.9 Å². The number of nitrogens with zero attached hydrogens (tertiary/aromatic N) is 4. The average Bonchev–Trinajstić information content (AvgIpc) is 2.80. The number of halogens is 3. The number of rotatable bonds is 4. The maximum Gasteiger partial charge on any atom is 0.164 e. The lowest BCUT2D eigenvalue weighted by molar-refractivity contribution is 0.181. The minimum atomic E-state index is -1.36. The van der Waals surface area contributed by atoms with E-state index < -0.39 is 17.7 Å². The summed E-state index contributed by atoms with van der Waals surface area (Å²) < 4.78 is 29.4. The van der Waals surface area contributed by atoms with Crippen molar-refractivity contribution in [2.45, 2.75) is 6.10 Å². The van der Waals surface area contributed by atoms with E-state index in [1.807, 2.05) is 0 Å². The van der Waals surface area contributed by atoms with Crippen LogP contribution in [0.2, 0.25) is 0 Å². The first-order valence-corrected chi connectivity index (χ1v) is 7.47. The highest BCUT2D eigenvalue weighted by Crippen LogP contribution is 2.28. The normalized spacial score (nSPS) is 12.6. The first kappa shape index (κ1) is 15.8. The number of nitrogens with one attached hydrogen (secondary N) is 1. The molecule has 0 radical (unpaired) electrons. The number of hydrogen-bond donors (Lipinski definition) is 2. The summed E-state index contributed by atoms with van der Waals surface area (Å²) in [4.78, 5) is 8.20. The summed E-state index contributed by atoms with van der Waals surface area (Å²) >= 11 is 3.31. The smallest absolute Gasteiger partial charge is 0.164 e. The molecule has 0 saturated heterocycles. The third kappa shape index (κ3) is 2.89. The van der Waals surface area contributed by atoms with Crippen LogP contribution >= 0.6 is 15.9 Å². The predicted octanol–water partition coefficient (Wildman–Crippen LogP) is 2.55. The number of aryl methyl sites for hydroxylation is 1. The Balaban J connectivity index is 1.87. The molecule has 0 saturated carbocycles. The molecule has 120 valence electrons. The number of aromatic nitrogens is 4. The molecule has 0 aliphatic carbocycles. The van der Waals surface area contributed by atoms with E-state index in [2.05, 4.69) is 36.3 Å². The van der Waals surface area contributed by atoms with Gasteiger partial charge in [-0.2, -0.15) is 5.10 Å². The predicted molar refractivity (Wildman–Crippen MR) is 83.8 cm³/mol. The molecule has 1 unspecified atom stereocenters. The largest absolute Gasteiger partial charge is 0.386 e. The summed E-state index contributed by atoms with van der Waals surface area (Å²) in [5, 5.41) is 17.7. The van der Waals surface area contributed by atoms with Crippen LogP contribution in [0.5, 0.6) is 0 Å². The fourth-order valence-corrected chi connectivity index (χ4v) is 2.90. The molecule has 6 nitrogen and oxygen atoms in total. The second kappa shape index (κ2) is 6.17. The molecule has 0 spiro atoms. The van der Waals surface area contributed by atoms with E-state index in [0.717, 1.165) is 12.1 Å². The SMILES string of the molecule is Cn1nc(Br)c2c(NCC(O)c3c(F)cccc3F)ncnc21. The average molecular weight is 384 g/mol. The Kier molecular flexibility index (Phi) is 4.22. The zero-order valence-corrected chi connectivity index (χ0v) is 13.5. The number of aliphatic hydroxyl groups is 1. The van der Waals surface area contributed by atoms with Gasteiger partial charge in [0.25, 0.3) is 0 Å². The molecule has 2 N–H and O–H groups in total. The van der Waals surface area contributed by atoms with Crippen LogP contribution in [0.1, 0.15) is 11.7 Å². The van der Waals surface area contributed by atoms with Gasteiger partial charge in [0.1, 0.15) is 34.5 Å². The molecule has 0 fully saturated rings. The highest BCUT2D eigenvalue weighted by atomic mass is 79.9. The van der Waals surface area contributed by atoms with Gasteiger partial charge in [-0.3, -0.25) is 0 Å². The summed E-state index contributed by atoms with van der Waals surface area (Å²) in [6.07, 6.45) is -0.0221. The van der Waals surface area contributed by atoms with Gasteiger partial charge in [-0.1, -0.05) is 6.07 Å². The van der Waals surface area contributed by atoms with Gasteiger partial charge < -0.3 is 10.4 Å². The third-order valence-electron chi connectivity index (χ3n) is 3.37. The second-order valence-electron chi connectivity index (χ2n) is 4.87. The van der Waals surface area contributed by atoms with E-state index >= 15 is 0 Å². The topological polar surface area (TPSA) is 75.9 Å². The molecule has 2 aromatic heterocycles. The van der Waals surface area contributed by atoms with E-state index in [4.69, 9.17) is 0 Å². The zero-order valence-electron chi connectivity index (χ0n) is 12.0. The monoisotopic (exact) mass is 383 g/mol. The Morgan fingerprint density at radius 2 is 2.00 bits per heavy atom. The van der Waals surface area contributed by atoms with E-state index in [9.17, 15) is 13.9 Å². The molecule has 0 aliphatic rings. The van der Waals surface area contributed by atoms with Gasteiger partial charge in [0.2, 0.25) is 0 Å². The van der Waals surface area contributed by atoms with Crippen molar-refractivity contribution in [1.29, 1.82) is 0 Å². The van der Waals surface area contributed by atoms with Crippen LogP contribution in [0.15, 0.2) is 29.1 Å². The maximum absolute atomic E-state index is 13.7. The molecular weight excluding hydrogens is 372 g/mol. The van der Waals surface area contributed by atoms with Crippen LogP contribution in [-0.2, 0) is 7.05 Å². The summed E-state index contributed by atoms with van der Waals surface area (Å²) in [5.74, 6) is -1.19. The van der Waals surface area contributed by atoms with Gasteiger partial charge in [0.15, 0.2) is 5.65 Å². The summed E-state index contributed by atoms with van der Waals surface area (Å²) in [5.41, 5.74) is 0.205. The number of anilines is 1. The molecule has 0 bridgehead atoms. The van der Waals surface area contributed by atoms with Crippen molar-refractivity contribution in [3.63, 3.8) is 0 Å². The van der Waals surface area contributed by atoms with Crippen LogP contribution in [0.4, 0.5) is 14.6 Å². The first-order valence-electron chi connectivity index (χ1n) is 6.68. The molecule has 3 aromatic rings. The molecule has 3 rings (SSSR count). The van der Waals surface area contributed by atoms with E-state index in [-0.39, 0.29) is 12.1 Å². The van der Waals surface area contributed by atoms with Crippen LogP contribution in [0, 0.1) is 11.6 Å². The van der Waals surface area contributed by atoms with Crippen molar-refractivity contribution in [2.75, 3.05) is 11.9 Å². The number of fused-ring (bicyclic) bond motifs is 1. The lowest BCUT2D eigenvalue weighted by Gasteiger charge is -2.14. The lowest BCUT2D eigenvalue weighted by atomic mass is 10.1. The molecule has 9 heteroatoms. The standard InChI is InChI=1S/C14H12BrF2N5O/c1-22-14-11(12(15)21-22)13(19-6-20-14)18-5-9(23)10-7(16)3-2-4-8(10)17/h2-4,6,9,23H,5H2,1H3,(H,18,19,20). The minimum absolute atomic E-state index is 0.120. The quantitative estimate of drug-likeness (QED) is 0.723. The summed E-state index contributed by atoms with van der Waals surface area (Å²) in [7, 11) is 1.73. The zero-order chi connectivity index (χ0) is 16.6. The van der Waals surface area contributed by atoms with Crippen molar-refractivity contribution in [3.8, 4) is 0 Å². The van der Waals surface area contributed by atoms with Crippen LogP contribution in [0.25, 0.3) is 11.0 Å². The Morgan fingerprint density at radius 1 is 1.30 bits per heavy atom. The highest BCUT2D eigenvalue weighted by molar-refractivity contribution is 9.10. The molecule has 0 amide bonds. The maximum atomic E-state index is 13.7. The van der Waals surface area contributed by atoms with Gasteiger partial charge in [-0.25, -0.2) is 23.4 Å². The first-order chi connectivity index (χ1) is 11.0. The molecule has 2 heterocycles. The minimum Gasteiger partial charge on any atom is -0.386 e. The van der Waals surface area contributed by atoms with Gasteiger partial charge in [-0.05, 0) is 28.1 Å². The van der Waals surface area contributed by atoms with Gasteiger partial charge >= 0.3 is 0 Å². The molecular formula is C14H12BrF2N5O. The van der Waals surface area contributed by atoms with Crippen molar-refractivity contribution in [1.82, 2.24) is 19.7 Å². The fourth-order valence-electron chi connectivity index (χ4n) is 2.30. The van der Waals surface area contributed by atoms with E-state index in [1.165, 1.54) is 12.4 Å². The Hall–Kier alpha value is -2.13.